The number of rotatable bonds is 3. The number of aliphatic hydroxyl groups is 1. The third-order valence-corrected chi connectivity index (χ3v) is 4.35. The van der Waals surface area contributed by atoms with Crippen LogP contribution >= 0.6 is 0 Å². The summed E-state index contributed by atoms with van der Waals surface area (Å²) in [6, 6.07) is 0. The van der Waals surface area contributed by atoms with Crippen LogP contribution in [0.3, 0.4) is 0 Å². The molecule has 0 unspecified atom stereocenters. The van der Waals surface area contributed by atoms with Crippen LogP contribution in [0.5, 0.6) is 0 Å². The minimum absolute atomic E-state index is 0.562. The van der Waals surface area contributed by atoms with Gasteiger partial charge in [0.15, 0.2) is 0 Å². The van der Waals surface area contributed by atoms with E-state index >= 15 is 0 Å². The van der Waals surface area contributed by atoms with Gasteiger partial charge in [-0.3, -0.25) is 0 Å². The Morgan fingerprint density at radius 1 is 0.952 bits per heavy atom. The topological polar surface area (TPSA) is 77.4 Å². The number of piperidine rings is 1. The second-order valence-electron chi connectivity index (χ2n) is 6.19. The fourth-order valence-electron chi connectivity index (χ4n) is 2.85. The molecule has 3 heterocycles. The van der Waals surface area contributed by atoms with Crippen molar-refractivity contribution >= 4 is 17.8 Å². The number of nitrogens with one attached hydrogen (secondary N) is 1. The van der Waals surface area contributed by atoms with E-state index in [-0.39, 0.29) is 0 Å². The lowest BCUT2D eigenvalue weighted by Gasteiger charge is -2.36. The van der Waals surface area contributed by atoms with Gasteiger partial charge < -0.3 is 20.2 Å². The Morgan fingerprint density at radius 2 is 1.48 bits per heavy atom. The highest BCUT2D eigenvalue weighted by Crippen LogP contribution is 2.26. The summed E-state index contributed by atoms with van der Waals surface area (Å²) < 4.78 is 0. The summed E-state index contributed by atoms with van der Waals surface area (Å²) in [5, 5.41) is 13.1. The van der Waals surface area contributed by atoms with Gasteiger partial charge in [-0.2, -0.15) is 15.0 Å². The normalized spacial score (nSPS) is 21.7. The molecular weight excluding hydrogens is 268 g/mol. The van der Waals surface area contributed by atoms with E-state index < -0.39 is 5.60 Å². The van der Waals surface area contributed by atoms with E-state index in [0.717, 1.165) is 45.0 Å². The predicted octanol–water partition coefficient (Wildman–Crippen LogP) is 0.865. The molecule has 0 amide bonds. The Balaban J connectivity index is 1.82. The van der Waals surface area contributed by atoms with E-state index in [1.807, 2.05) is 14.0 Å². The van der Waals surface area contributed by atoms with Crippen molar-refractivity contribution in [1.82, 2.24) is 15.0 Å². The van der Waals surface area contributed by atoms with Gasteiger partial charge >= 0.3 is 0 Å². The summed E-state index contributed by atoms with van der Waals surface area (Å²) in [6.45, 7) is 5.48. The summed E-state index contributed by atoms with van der Waals surface area (Å²) in [4.78, 5) is 17.9. The average molecular weight is 292 g/mol. The standard InChI is InChI=1S/C14H24N6O/c1-14(21)5-9-20(10-6-14)13-17-11(15-2)16-12(18-13)19-7-3-4-8-19/h21H,3-10H2,1-2H3,(H,15,16,17,18). The van der Waals surface area contributed by atoms with Crippen LogP contribution in [0, 0.1) is 0 Å². The van der Waals surface area contributed by atoms with Crippen LogP contribution in [0.1, 0.15) is 32.6 Å². The van der Waals surface area contributed by atoms with E-state index in [1.54, 1.807) is 0 Å². The summed E-state index contributed by atoms with van der Waals surface area (Å²) in [6.07, 6.45) is 3.88. The fourth-order valence-corrected chi connectivity index (χ4v) is 2.85. The molecule has 2 aliphatic heterocycles. The van der Waals surface area contributed by atoms with Gasteiger partial charge in [0.05, 0.1) is 5.60 Å². The van der Waals surface area contributed by atoms with Crippen molar-refractivity contribution < 1.29 is 5.11 Å². The Morgan fingerprint density at radius 3 is 2.00 bits per heavy atom. The van der Waals surface area contributed by atoms with E-state index in [2.05, 4.69) is 30.1 Å². The van der Waals surface area contributed by atoms with Crippen molar-refractivity contribution in [3.05, 3.63) is 0 Å². The fraction of sp³-hybridized carbons (Fsp3) is 0.786. The molecule has 1 aromatic rings. The molecule has 7 heteroatoms. The Labute approximate surface area is 125 Å². The number of hydrogen-bond acceptors (Lipinski definition) is 7. The lowest BCUT2D eigenvalue weighted by molar-refractivity contribution is 0.0349. The number of anilines is 3. The number of hydrogen-bond donors (Lipinski definition) is 2. The zero-order valence-electron chi connectivity index (χ0n) is 12.8. The van der Waals surface area contributed by atoms with E-state index in [1.165, 1.54) is 12.8 Å². The van der Waals surface area contributed by atoms with Crippen molar-refractivity contribution in [2.24, 2.45) is 0 Å². The molecule has 2 aliphatic rings. The third-order valence-electron chi connectivity index (χ3n) is 4.35. The van der Waals surface area contributed by atoms with Crippen LogP contribution in [-0.2, 0) is 0 Å². The van der Waals surface area contributed by atoms with Crippen molar-refractivity contribution in [1.29, 1.82) is 0 Å². The highest BCUT2D eigenvalue weighted by atomic mass is 16.3. The van der Waals surface area contributed by atoms with Crippen LogP contribution in [0.2, 0.25) is 0 Å². The van der Waals surface area contributed by atoms with Gasteiger partial charge in [0.25, 0.3) is 0 Å². The molecule has 7 nitrogen and oxygen atoms in total. The molecule has 0 bridgehead atoms. The minimum atomic E-state index is -0.562. The van der Waals surface area contributed by atoms with Crippen molar-refractivity contribution in [2.45, 2.75) is 38.2 Å². The SMILES string of the molecule is CNc1nc(N2CCCC2)nc(N2CCC(C)(O)CC2)n1. The molecular formula is C14H24N6O. The first-order chi connectivity index (χ1) is 10.1. The van der Waals surface area contributed by atoms with Crippen LogP contribution < -0.4 is 15.1 Å². The molecule has 2 saturated heterocycles. The molecule has 3 rings (SSSR count). The summed E-state index contributed by atoms with van der Waals surface area (Å²) in [5.41, 5.74) is -0.562. The molecule has 0 atom stereocenters. The molecule has 0 aliphatic carbocycles. The van der Waals surface area contributed by atoms with Gasteiger partial charge in [-0.25, -0.2) is 0 Å². The minimum Gasteiger partial charge on any atom is -0.390 e. The molecule has 2 fully saturated rings. The van der Waals surface area contributed by atoms with E-state index in [4.69, 9.17) is 0 Å². The first kappa shape index (κ1) is 14.3. The molecule has 2 N–H and O–H groups in total. The van der Waals surface area contributed by atoms with Crippen LogP contribution in [0.4, 0.5) is 17.8 Å². The predicted molar refractivity (Wildman–Crippen MR) is 82.9 cm³/mol. The first-order valence-electron chi connectivity index (χ1n) is 7.73. The summed E-state index contributed by atoms with van der Waals surface area (Å²) in [7, 11) is 1.83. The average Bonchev–Trinajstić information content (AvgIpc) is 3.01. The molecule has 0 aromatic carbocycles. The first-order valence-corrected chi connectivity index (χ1v) is 7.73. The Kier molecular flexibility index (Phi) is 3.84. The molecule has 0 radical (unpaired) electrons. The van der Waals surface area contributed by atoms with Crippen molar-refractivity contribution in [3.63, 3.8) is 0 Å². The highest BCUT2D eigenvalue weighted by Gasteiger charge is 2.29. The van der Waals surface area contributed by atoms with Gasteiger partial charge in [-0.05, 0) is 32.6 Å². The monoisotopic (exact) mass is 292 g/mol. The molecule has 116 valence electrons. The largest absolute Gasteiger partial charge is 0.390 e. The van der Waals surface area contributed by atoms with E-state index in [0.29, 0.717) is 11.9 Å². The number of aromatic nitrogens is 3. The smallest absolute Gasteiger partial charge is 0.231 e. The second-order valence-corrected chi connectivity index (χ2v) is 6.19. The van der Waals surface area contributed by atoms with Gasteiger partial charge in [0.1, 0.15) is 0 Å². The highest BCUT2D eigenvalue weighted by molar-refractivity contribution is 5.45. The zero-order valence-corrected chi connectivity index (χ0v) is 12.8. The lowest BCUT2D eigenvalue weighted by atomic mass is 9.94. The second kappa shape index (κ2) is 5.63. The van der Waals surface area contributed by atoms with Gasteiger partial charge in [-0.15, -0.1) is 0 Å². The summed E-state index contributed by atoms with van der Waals surface area (Å²) >= 11 is 0. The maximum absolute atomic E-state index is 10.1. The Hall–Kier alpha value is -1.63. The zero-order chi connectivity index (χ0) is 14.9. The van der Waals surface area contributed by atoms with Gasteiger partial charge in [-0.1, -0.05) is 0 Å². The molecule has 0 spiro atoms. The van der Waals surface area contributed by atoms with Gasteiger partial charge in [0, 0.05) is 33.2 Å². The summed E-state index contributed by atoms with van der Waals surface area (Å²) in [5.74, 6) is 2.09. The van der Waals surface area contributed by atoms with Gasteiger partial charge in [0.2, 0.25) is 17.8 Å². The number of nitrogens with zero attached hydrogens (tertiary/aromatic N) is 5. The van der Waals surface area contributed by atoms with Crippen LogP contribution in [0.15, 0.2) is 0 Å². The molecule has 0 saturated carbocycles. The molecule has 1 aromatic heterocycles. The third kappa shape index (κ3) is 3.18. The van der Waals surface area contributed by atoms with Crippen molar-refractivity contribution in [3.8, 4) is 0 Å². The quantitative estimate of drug-likeness (QED) is 0.855. The van der Waals surface area contributed by atoms with Crippen molar-refractivity contribution in [2.75, 3.05) is 48.3 Å². The van der Waals surface area contributed by atoms with Crippen LogP contribution in [0.25, 0.3) is 0 Å². The maximum Gasteiger partial charge on any atom is 0.231 e. The lowest BCUT2D eigenvalue weighted by Crippen LogP contribution is -2.43. The Bertz CT molecular complexity index is 490. The van der Waals surface area contributed by atoms with Crippen LogP contribution in [-0.4, -0.2) is 58.9 Å². The molecule has 21 heavy (non-hydrogen) atoms. The maximum atomic E-state index is 10.1. The van der Waals surface area contributed by atoms with E-state index in [9.17, 15) is 5.11 Å².